The molecule has 1 aromatic rings. The molecule has 5 heteroatoms. The zero-order valence-corrected chi connectivity index (χ0v) is 12.7. The lowest BCUT2D eigenvalue weighted by Crippen LogP contribution is -2.41. The van der Waals surface area contributed by atoms with Gasteiger partial charge in [0.15, 0.2) is 0 Å². The van der Waals surface area contributed by atoms with Crippen molar-refractivity contribution in [3.63, 3.8) is 0 Å². The number of ether oxygens (including phenoxy) is 3. The lowest BCUT2D eigenvalue weighted by Gasteiger charge is -2.28. The second kappa shape index (κ2) is 8.00. The van der Waals surface area contributed by atoms with Crippen molar-refractivity contribution < 1.29 is 19.0 Å². The summed E-state index contributed by atoms with van der Waals surface area (Å²) >= 11 is 0. The molecule has 1 aliphatic rings. The summed E-state index contributed by atoms with van der Waals surface area (Å²) in [4.78, 5) is 14.2. The minimum absolute atomic E-state index is 0.103. The fraction of sp³-hybridized carbons (Fsp3) is 0.562. The highest BCUT2D eigenvalue weighted by Gasteiger charge is 2.16. The zero-order chi connectivity index (χ0) is 15.1. The van der Waals surface area contributed by atoms with Crippen LogP contribution in [0.2, 0.25) is 0 Å². The van der Waals surface area contributed by atoms with E-state index in [1.165, 1.54) is 0 Å². The van der Waals surface area contributed by atoms with E-state index >= 15 is 0 Å². The van der Waals surface area contributed by atoms with Crippen LogP contribution in [0.4, 0.5) is 0 Å². The third-order valence-corrected chi connectivity index (χ3v) is 3.46. The zero-order valence-electron chi connectivity index (χ0n) is 12.7. The van der Waals surface area contributed by atoms with Crippen molar-refractivity contribution in [2.45, 2.75) is 19.4 Å². The van der Waals surface area contributed by atoms with E-state index in [9.17, 15) is 4.79 Å². The first-order valence-corrected chi connectivity index (χ1v) is 7.30. The van der Waals surface area contributed by atoms with Gasteiger partial charge >= 0.3 is 5.97 Å². The van der Waals surface area contributed by atoms with E-state index in [0.717, 1.165) is 44.2 Å². The maximum atomic E-state index is 11.9. The van der Waals surface area contributed by atoms with E-state index in [1.54, 1.807) is 7.11 Å². The molecule has 0 radical (unpaired) electrons. The average Bonchev–Trinajstić information content (AvgIpc) is 2.48. The quantitative estimate of drug-likeness (QED) is 0.744. The van der Waals surface area contributed by atoms with Gasteiger partial charge in [-0.15, -0.1) is 0 Å². The molecule has 116 valence electrons. The summed E-state index contributed by atoms with van der Waals surface area (Å²) in [5.74, 6) is 0.591. The van der Waals surface area contributed by atoms with Gasteiger partial charge in [-0.1, -0.05) is 12.1 Å². The fourth-order valence-electron chi connectivity index (χ4n) is 2.36. The van der Waals surface area contributed by atoms with Crippen LogP contribution in [0, 0.1) is 0 Å². The standard InChI is InChI=1S/C16H23NO4/c1-13(12-17-7-9-20-10-8-17)21-16(18)11-14-3-5-15(19-2)6-4-14/h3-6,13H,7-12H2,1-2H3/t13-/m1/s1. The first kappa shape index (κ1) is 15.8. The number of hydrogen-bond acceptors (Lipinski definition) is 5. The topological polar surface area (TPSA) is 48.0 Å². The summed E-state index contributed by atoms with van der Waals surface area (Å²) in [6.45, 7) is 6.01. The molecule has 1 aromatic carbocycles. The van der Waals surface area contributed by atoms with Crippen molar-refractivity contribution in [1.82, 2.24) is 4.90 Å². The van der Waals surface area contributed by atoms with Gasteiger partial charge in [-0.25, -0.2) is 0 Å². The van der Waals surface area contributed by atoms with Gasteiger partial charge in [-0.3, -0.25) is 9.69 Å². The second-order valence-electron chi connectivity index (χ2n) is 5.24. The van der Waals surface area contributed by atoms with Gasteiger partial charge in [0.05, 0.1) is 26.7 Å². The van der Waals surface area contributed by atoms with E-state index in [1.807, 2.05) is 31.2 Å². The van der Waals surface area contributed by atoms with Gasteiger partial charge < -0.3 is 14.2 Å². The Bertz CT molecular complexity index is 440. The first-order valence-electron chi connectivity index (χ1n) is 7.30. The molecule has 1 heterocycles. The number of carbonyl (C=O) groups is 1. The molecular formula is C16H23NO4. The largest absolute Gasteiger partial charge is 0.497 e. The van der Waals surface area contributed by atoms with Crippen molar-refractivity contribution in [2.75, 3.05) is 40.0 Å². The number of morpholine rings is 1. The summed E-state index contributed by atoms with van der Waals surface area (Å²) < 4.78 is 15.9. The Morgan fingerprint density at radius 1 is 1.29 bits per heavy atom. The van der Waals surface area contributed by atoms with E-state index < -0.39 is 0 Å². The molecule has 0 unspecified atom stereocenters. The molecule has 0 aromatic heterocycles. The van der Waals surface area contributed by atoms with Crippen molar-refractivity contribution in [1.29, 1.82) is 0 Å². The Morgan fingerprint density at radius 3 is 2.57 bits per heavy atom. The molecule has 0 saturated carbocycles. The van der Waals surface area contributed by atoms with Crippen molar-refractivity contribution >= 4 is 5.97 Å². The smallest absolute Gasteiger partial charge is 0.310 e. The van der Waals surface area contributed by atoms with E-state index in [0.29, 0.717) is 0 Å². The highest BCUT2D eigenvalue weighted by molar-refractivity contribution is 5.72. The molecule has 0 bridgehead atoms. The SMILES string of the molecule is COc1ccc(CC(=O)O[C@H](C)CN2CCOCC2)cc1. The van der Waals surface area contributed by atoms with Gasteiger partial charge in [-0.05, 0) is 24.6 Å². The Balaban J connectivity index is 1.74. The monoisotopic (exact) mass is 293 g/mol. The van der Waals surface area contributed by atoms with Crippen LogP contribution >= 0.6 is 0 Å². The van der Waals surface area contributed by atoms with Crippen LogP contribution in [0.25, 0.3) is 0 Å². The Hall–Kier alpha value is -1.59. The molecule has 0 N–H and O–H groups in total. The maximum Gasteiger partial charge on any atom is 0.310 e. The summed E-state index contributed by atoms with van der Waals surface area (Å²) in [5.41, 5.74) is 0.930. The summed E-state index contributed by atoms with van der Waals surface area (Å²) in [6.07, 6.45) is 0.186. The van der Waals surface area contributed by atoms with Crippen LogP contribution < -0.4 is 4.74 Å². The minimum atomic E-state index is -0.194. The number of rotatable bonds is 6. The van der Waals surface area contributed by atoms with E-state index in [2.05, 4.69) is 4.90 Å². The summed E-state index contributed by atoms with van der Waals surface area (Å²) in [7, 11) is 1.62. The predicted molar refractivity (Wildman–Crippen MR) is 79.5 cm³/mol. The molecule has 21 heavy (non-hydrogen) atoms. The number of methoxy groups -OCH3 is 1. The highest BCUT2D eigenvalue weighted by Crippen LogP contribution is 2.12. The number of hydrogen-bond donors (Lipinski definition) is 0. The van der Waals surface area contributed by atoms with Crippen LogP contribution in [0.1, 0.15) is 12.5 Å². The normalized spacial score (nSPS) is 17.2. The van der Waals surface area contributed by atoms with E-state index in [4.69, 9.17) is 14.2 Å². The van der Waals surface area contributed by atoms with Crippen LogP contribution in [0.15, 0.2) is 24.3 Å². The lowest BCUT2D eigenvalue weighted by molar-refractivity contribution is -0.148. The molecule has 1 atom stereocenters. The first-order chi connectivity index (χ1) is 10.2. The minimum Gasteiger partial charge on any atom is -0.497 e. The van der Waals surface area contributed by atoms with Crippen LogP contribution in [-0.4, -0.2) is 56.9 Å². The van der Waals surface area contributed by atoms with Gasteiger partial charge in [0.2, 0.25) is 0 Å². The third-order valence-electron chi connectivity index (χ3n) is 3.46. The summed E-state index contributed by atoms with van der Waals surface area (Å²) in [6, 6.07) is 7.46. The molecule has 1 aliphatic heterocycles. The van der Waals surface area contributed by atoms with Gasteiger partial charge in [0, 0.05) is 19.6 Å². The fourth-order valence-corrected chi connectivity index (χ4v) is 2.36. The number of nitrogens with zero attached hydrogens (tertiary/aromatic N) is 1. The van der Waals surface area contributed by atoms with Gasteiger partial charge in [0.1, 0.15) is 11.9 Å². The second-order valence-corrected chi connectivity index (χ2v) is 5.24. The Labute approximate surface area is 125 Å². The van der Waals surface area contributed by atoms with Gasteiger partial charge in [-0.2, -0.15) is 0 Å². The Morgan fingerprint density at radius 2 is 1.95 bits per heavy atom. The predicted octanol–water partition coefficient (Wildman–Crippen LogP) is 1.50. The van der Waals surface area contributed by atoms with Crippen molar-refractivity contribution in [3.05, 3.63) is 29.8 Å². The van der Waals surface area contributed by atoms with Crippen LogP contribution in [-0.2, 0) is 20.7 Å². The molecular weight excluding hydrogens is 270 g/mol. The molecule has 1 fully saturated rings. The van der Waals surface area contributed by atoms with Crippen LogP contribution in [0.5, 0.6) is 5.75 Å². The Kier molecular flexibility index (Phi) is 6.02. The van der Waals surface area contributed by atoms with Crippen molar-refractivity contribution in [2.24, 2.45) is 0 Å². The number of benzene rings is 1. The van der Waals surface area contributed by atoms with Crippen molar-refractivity contribution in [3.8, 4) is 5.75 Å². The van der Waals surface area contributed by atoms with Crippen LogP contribution in [0.3, 0.4) is 0 Å². The molecule has 0 aliphatic carbocycles. The maximum absolute atomic E-state index is 11.9. The summed E-state index contributed by atoms with van der Waals surface area (Å²) in [5, 5.41) is 0. The molecule has 5 nitrogen and oxygen atoms in total. The highest BCUT2D eigenvalue weighted by atomic mass is 16.5. The molecule has 2 rings (SSSR count). The molecule has 0 amide bonds. The number of esters is 1. The third kappa shape index (κ3) is 5.36. The average molecular weight is 293 g/mol. The molecule has 1 saturated heterocycles. The van der Waals surface area contributed by atoms with E-state index in [-0.39, 0.29) is 18.5 Å². The lowest BCUT2D eigenvalue weighted by atomic mass is 10.1. The molecule has 0 spiro atoms. The van der Waals surface area contributed by atoms with Gasteiger partial charge in [0.25, 0.3) is 0 Å². The number of carbonyl (C=O) groups excluding carboxylic acids is 1.